The molecule has 0 saturated carbocycles. The molecule has 0 radical (unpaired) electrons. The molecule has 0 spiro atoms. The third-order valence-corrected chi connectivity index (χ3v) is 4.60. The number of carbonyl (C=O) groups is 1. The van der Waals surface area contributed by atoms with Crippen LogP contribution < -0.4 is 14.8 Å². The molecule has 0 fully saturated rings. The molecule has 2 aromatic carbocycles. The van der Waals surface area contributed by atoms with Gasteiger partial charge in [0.1, 0.15) is 5.75 Å². The molecular formula is C21H24FNO4. The van der Waals surface area contributed by atoms with E-state index in [4.69, 9.17) is 14.6 Å². The fraction of sp³-hybridized carbons (Fsp3) is 0.381. The SMILES string of the molecule is CC(C)Oc1ccc(-c2ccc3c(c2)OCC(C)(C)C3NC(=O)O)cc1F. The molecule has 0 bridgehead atoms. The van der Waals surface area contributed by atoms with Crippen LogP contribution in [-0.2, 0) is 0 Å². The van der Waals surface area contributed by atoms with E-state index in [-0.39, 0.29) is 23.3 Å². The van der Waals surface area contributed by atoms with Crippen LogP contribution in [-0.4, -0.2) is 23.9 Å². The largest absolute Gasteiger partial charge is 0.493 e. The van der Waals surface area contributed by atoms with Gasteiger partial charge in [-0.25, -0.2) is 9.18 Å². The summed E-state index contributed by atoms with van der Waals surface area (Å²) in [5.41, 5.74) is 1.88. The van der Waals surface area contributed by atoms with E-state index in [1.807, 2.05) is 45.9 Å². The minimum Gasteiger partial charge on any atom is -0.493 e. The zero-order valence-electron chi connectivity index (χ0n) is 15.9. The fourth-order valence-electron chi connectivity index (χ4n) is 3.27. The first kappa shape index (κ1) is 19.0. The van der Waals surface area contributed by atoms with Gasteiger partial charge in [0, 0.05) is 11.0 Å². The molecular weight excluding hydrogens is 349 g/mol. The van der Waals surface area contributed by atoms with Crippen molar-refractivity contribution in [2.24, 2.45) is 5.41 Å². The van der Waals surface area contributed by atoms with Crippen LogP contribution >= 0.6 is 0 Å². The minimum absolute atomic E-state index is 0.107. The van der Waals surface area contributed by atoms with Crippen molar-refractivity contribution in [3.63, 3.8) is 0 Å². The lowest BCUT2D eigenvalue weighted by Gasteiger charge is -2.39. The number of benzene rings is 2. The highest BCUT2D eigenvalue weighted by Crippen LogP contribution is 2.44. The zero-order valence-corrected chi connectivity index (χ0v) is 15.9. The number of ether oxygens (including phenoxy) is 2. The Labute approximate surface area is 158 Å². The molecule has 1 amide bonds. The second-order valence-electron chi connectivity index (χ2n) is 7.72. The Morgan fingerprint density at radius 2 is 1.93 bits per heavy atom. The molecule has 0 aliphatic carbocycles. The first-order valence-electron chi connectivity index (χ1n) is 8.90. The summed E-state index contributed by atoms with van der Waals surface area (Å²) in [4.78, 5) is 11.2. The van der Waals surface area contributed by atoms with Gasteiger partial charge in [-0.1, -0.05) is 32.0 Å². The van der Waals surface area contributed by atoms with E-state index in [1.165, 1.54) is 6.07 Å². The first-order valence-corrected chi connectivity index (χ1v) is 8.90. The highest BCUT2D eigenvalue weighted by atomic mass is 19.1. The number of hydrogen-bond donors (Lipinski definition) is 2. The van der Waals surface area contributed by atoms with Gasteiger partial charge >= 0.3 is 6.09 Å². The van der Waals surface area contributed by atoms with Crippen molar-refractivity contribution >= 4 is 6.09 Å². The zero-order chi connectivity index (χ0) is 19.8. The van der Waals surface area contributed by atoms with Crippen LogP contribution in [0.1, 0.15) is 39.3 Å². The van der Waals surface area contributed by atoms with Gasteiger partial charge in [-0.15, -0.1) is 0 Å². The fourth-order valence-corrected chi connectivity index (χ4v) is 3.27. The van der Waals surface area contributed by atoms with Crippen molar-refractivity contribution in [3.8, 4) is 22.6 Å². The van der Waals surface area contributed by atoms with Gasteiger partial charge in [-0.2, -0.15) is 0 Å². The number of carboxylic acid groups (broad SMARTS) is 1. The van der Waals surface area contributed by atoms with Crippen LogP contribution in [0.5, 0.6) is 11.5 Å². The van der Waals surface area contributed by atoms with Gasteiger partial charge in [0.2, 0.25) is 0 Å². The topological polar surface area (TPSA) is 67.8 Å². The van der Waals surface area contributed by atoms with E-state index in [2.05, 4.69) is 5.32 Å². The molecule has 1 heterocycles. The summed E-state index contributed by atoms with van der Waals surface area (Å²) in [7, 11) is 0. The summed E-state index contributed by atoms with van der Waals surface area (Å²) in [6.45, 7) is 7.97. The second-order valence-corrected chi connectivity index (χ2v) is 7.72. The highest BCUT2D eigenvalue weighted by molar-refractivity contribution is 5.69. The van der Waals surface area contributed by atoms with Crippen LogP contribution in [0, 0.1) is 11.2 Å². The van der Waals surface area contributed by atoms with Crippen molar-refractivity contribution in [1.82, 2.24) is 5.32 Å². The van der Waals surface area contributed by atoms with Crippen molar-refractivity contribution in [1.29, 1.82) is 0 Å². The summed E-state index contributed by atoms with van der Waals surface area (Å²) in [5.74, 6) is 0.398. The van der Waals surface area contributed by atoms with E-state index < -0.39 is 11.9 Å². The Balaban J connectivity index is 1.95. The van der Waals surface area contributed by atoms with E-state index in [1.54, 1.807) is 12.1 Å². The van der Waals surface area contributed by atoms with Gasteiger partial charge in [0.25, 0.3) is 0 Å². The van der Waals surface area contributed by atoms with Crippen LogP contribution in [0.15, 0.2) is 36.4 Å². The Morgan fingerprint density at radius 3 is 2.56 bits per heavy atom. The van der Waals surface area contributed by atoms with Crippen molar-refractivity contribution in [2.45, 2.75) is 39.8 Å². The Hall–Kier alpha value is -2.76. The van der Waals surface area contributed by atoms with Crippen molar-refractivity contribution < 1.29 is 23.8 Å². The van der Waals surface area contributed by atoms with Crippen LogP contribution in [0.4, 0.5) is 9.18 Å². The van der Waals surface area contributed by atoms with E-state index >= 15 is 0 Å². The molecule has 3 rings (SSSR count). The van der Waals surface area contributed by atoms with Gasteiger partial charge in [-0.3, -0.25) is 0 Å². The van der Waals surface area contributed by atoms with E-state index in [0.29, 0.717) is 17.9 Å². The molecule has 2 aromatic rings. The first-order chi connectivity index (χ1) is 12.7. The maximum absolute atomic E-state index is 14.3. The van der Waals surface area contributed by atoms with E-state index in [0.717, 1.165) is 11.1 Å². The Kier molecular flexibility index (Phi) is 5.00. The Morgan fingerprint density at radius 1 is 1.26 bits per heavy atom. The lowest BCUT2D eigenvalue weighted by Crippen LogP contribution is -2.43. The molecule has 2 N–H and O–H groups in total. The van der Waals surface area contributed by atoms with Crippen LogP contribution in [0.2, 0.25) is 0 Å². The average Bonchev–Trinajstić information content (AvgIpc) is 2.58. The molecule has 1 unspecified atom stereocenters. The van der Waals surface area contributed by atoms with Gasteiger partial charge in [-0.05, 0) is 43.2 Å². The number of amides is 1. The summed E-state index contributed by atoms with van der Waals surface area (Å²) in [6, 6.07) is 9.95. The van der Waals surface area contributed by atoms with Gasteiger partial charge < -0.3 is 19.9 Å². The Bertz CT molecular complexity index is 863. The maximum Gasteiger partial charge on any atom is 0.405 e. The summed E-state index contributed by atoms with van der Waals surface area (Å²) >= 11 is 0. The minimum atomic E-state index is -1.08. The molecule has 1 aliphatic rings. The third kappa shape index (κ3) is 3.99. The predicted molar refractivity (Wildman–Crippen MR) is 101 cm³/mol. The van der Waals surface area contributed by atoms with Gasteiger partial charge in [0.15, 0.2) is 11.6 Å². The number of rotatable bonds is 4. The molecule has 144 valence electrons. The summed E-state index contributed by atoms with van der Waals surface area (Å²) in [5, 5.41) is 11.8. The lowest BCUT2D eigenvalue weighted by molar-refractivity contribution is 0.0996. The quantitative estimate of drug-likeness (QED) is 0.791. The number of fused-ring (bicyclic) bond motifs is 1. The standard InChI is InChI=1S/C21H24FNO4/c1-12(2)27-17-8-6-13(9-16(17)22)14-5-7-15-18(10-14)26-11-21(3,4)19(15)23-20(24)25/h5-10,12,19,23H,11H2,1-4H3,(H,24,25). The molecule has 5 nitrogen and oxygen atoms in total. The molecule has 27 heavy (non-hydrogen) atoms. The van der Waals surface area contributed by atoms with Crippen molar-refractivity contribution in [2.75, 3.05) is 6.61 Å². The molecule has 0 saturated heterocycles. The van der Waals surface area contributed by atoms with Crippen molar-refractivity contribution in [3.05, 3.63) is 47.8 Å². The second kappa shape index (κ2) is 7.10. The lowest BCUT2D eigenvalue weighted by atomic mass is 9.78. The summed E-state index contributed by atoms with van der Waals surface area (Å²) in [6.07, 6.45) is -1.18. The summed E-state index contributed by atoms with van der Waals surface area (Å²) < 4.78 is 25.6. The maximum atomic E-state index is 14.3. The molecule has 6 heteroatoms. The molecule has 1 atom stereocenters. The highest BCUT2D eigenvalue weighted by Gasteiger charge is 2.38. The van der Waals surface area contributed by atoms with Gasteiger partial charge in [0.05, 0.1) is 18.8 Å². The smallest absolute Gasteiger partial charge is 0.405 e. The average molecular weight is 373 g/mol. The third-order valence-electron chi connectivity index (χ3n) is 4.60. The number of nitrogens with one attached hydrogen (secondary N) is 1. The number of hydrogen-bond acceptors (Lipinski definition) is 3. The molecule has 0 aromatic heterocycles. The molecule has 1 aliphatic heterocycles. The van der Waals surface area contributed by atoms with Crippen LogP contribution in [0.25, 0.3) is 11.1 Å². The van der Waals surface area contributed by atoms with Crippen LogP contribution in [0.3, 0.4) is 0 Å². The predicted octanol–water partition coefficient (Wildman–Crippen LogP) is 5.01. The van der Waals surface area contributed by atoms with E-state index in [9.17, 15) is 9.18 Å². The number of halogens is 1. The monoisotopic (exact) mass is 373 g/mol. The normalized spacial score (nSPS) is 17.8.